The Morgan fingerprint density at radius 1 is 1.57 bits per heavy atom. The van der Waals surface area contributed by atoms with Gasteiger partial charge in [-0.15, -0.1) is 0 Å². The fourth-order valence-corrected chi connectivity index (χ4v) is 0.203. The zero-order valence-electron chi connectivity index (χ0n) is 4.73. The van der Waals surface area contributed by atoms with Crippen molar-refractivity contribution in [2.75, 3.05) is 20.4 Å². The predicted molar refractivity (Wildman–Crippen MR) is 26.6 cm³/mol. The summed E-state index contributed by atoms with van der Waals surface area (Å²) in [6.07, 6.45) is 0. The Morgan fingerprint density at radius 2 is 2.29 bits per heavy atom. The summed E-state index contributed by atoms with van der Waals surface area (Å²) >= 11 is 0. The summed E-state index contributed by atoms with van der Waals surface area (Å²) < 4.78 is 4.84. The van der Waals surface area contributed by atoms with Crippen LogP contribution in [0.1, 0.15) is 6.92 Å². The third-order valence-electron chi connectivity index (χ3n) is 0.509. The molecule has 0 aromatic heterocycles. The fourth-order valence-electron chi connectivity index (χ4n) is 0.203. The molecular weight excluding hydrogens is 94.0 g/mol. The van der Waals surface area contributed by atoms with Crippen molar-refractivity contribution in [3.8, 4) is 0 Å². The van der Waals surface area contributed by atoms with E-state index in [4.69, 9.17) is 4.74 Å². The van der Waals surface area contributed by atoms with Crippen LogP contribution in [-0.4, -0.2) is 20.4 Å². The van der Waals surface area contributed by atoms with Crippen LogP contribution in [0, 0.1) is 0 Å². The van der Waals surface area contributed by atoms with Gasteiger partial charge < -0.3 is 9.57 Å². The first-order valence-electron chi connectivity index (χ1n) is 2.25. The van der Waals surface area contributed by atoms with Crippen LogP contribution >= 0.6 is 0 Å². The summed E-state index contributed by atoms with van der Waals surface area (Å²) in [5.74, 6) is 0. The van der Waals surface area contributed by atoms with E-state index >= 15 is 0 Å². The van der Waals surface area contributed by atoms with Crippen molar-refractivity contribution < 1.29 is 9.57 Å². The number of hydrogen-bond donors (Lipinski definition) is 1. The lowest BCUT2D eigenvalue weighted by Gasteiger charge is -1.98. The van der Waals surface area contributed by atoms with Gasteiger partial charge in [0.05, 0.1) is 7.11 Å². The summed E-state index contributed by atoms with van der Waals surface area (Å²) in [4.78, 5) is 4.47. The first kappa shape index (κ1) is 6.88. The Bertz CT molecular complexity index is 28.9. The molecule has 0 aliphatic heterocycles. The molecular formula is C4H11NO2. The van der Waals surface area contributed by atoms with Crippen molar-refractivity contribution in [2.24, 2.45) is 0 Å². The molecule has 7 heavy (non-hydrogen) atoms. The van der Waals surface area contributed by atoms with Crippen LogP contribution in [0.4, 0.5) is 0 Å². The van der Waals surface area contributed by atoms with Gasteiger partial charge in [0.25, 0.3) is 0 Å². The molecule has 0 amide bonds. The van der Waals surface area contributed by atoms with E-state index in [0.29, 0.717) is 6.73 Å². The molecule has 44 valence electrons. The average molecular weight is 105 g/mol. The smallest absolute Gasteiger partial charge is 0.119 e. The number of nitrogens with one attached hydrogen (secondary N) is 1. The van der Waals surface area contributed by atoms with Gasteiger partial charge in [-0.25, -0.2) is 0 Å². The van der Waals surface area contributed by atoms with E-state index in [0.717, 1.165) is 6.61 Å². The van der Waals surface area contributed by atoms with Crippen LogP contribution < -0.4 is 5.48 Å². The lowest BCUT2D eigenvalue weighted by Crippen LogP contribution is -2.15. The quantitative estimate of drug-likeness (QED) is 0.313. The monoisotopic (exact) mass is 105 g/mol. The molecule has 3 nitrogen and oxygen atoms in total. The van der Waals surface area contributed by atoms with Gasteiger partial charge >= 0.3 is 0 Å². The molecule has 0 heterocycles. The Morgan fingerprint density at radius 3 is 2.71 bits per heavy atom. The SMILES string of the molecule is CCOCNOC. The van der Waals surface area contributed by atoms with Crippen molar-refractivity contribution in [2.45, 2.75) is 6.92 Å². The van der Waals surface area contributed by atoms with Crippen molar-refractivity contribution in [3.63, 3.8) is 0 Å². The summed E-state index contributed by atoms with van der Waals surface area (Å²) in [5.41, 5.74) is 2.53. The van der Waals surface area contributed by atoms with Crippen LogP contribution in [0.3, 0.4) is 0 Å². The molecule has 0 aliphatic carbocycles. The lowest BCUT2D eigenvalue weighted by molar-refractivity contribution is -0.00297. The highest BCUT2D eigenvalue weighted by Gasteiger charge is 1.75. The van der Waals surface area contributed by atoms with E-state index in [9.17, 15) is 0 Å². The van der Waals surface area contributed by atoms with Gasteiger partial charge in [0.1, 0.15) is 6.73 Å². The molecule has 0 spiro atoms. The molecule has 0 atom stereocenters. The Labute approximate surface area is 43.6 Å². The van der Waals surface area contributed by atoms with Crippen LogP contribution in [0.15, 0.2) is 0 Å². The predicted octanol–water partition coefficient (Wildman–Crippen LogP) is 0.131. The Kier molecular flexibility index (Phi) is 5.78. The maximum atomic E-state index is 4.84. The van der Waals surface area contributed by atoms with E-state index in [1.807, 2.05) is 6.92 Å². The topological polar surface area (TPSA) is 30.5 Å². The zero-order chi connectivity index (χ0) is 5.54. The summed E-state index contributed by atoms with van der Waals surface area (Å²) in [6, 6.07) is 0. The molecule has 0 rings (SSSR count). The number of hydrogen-bond acceptors (Lipinski definition) is 3. The molecule has 0 aromatic carbocycles. The minimum atomic E-state index is 0.465. The molecule has 0 fully saturated rings. The van der Waals surface area contributed by atoms with Gasteiger partial charge in [0, 0.05) is 6.61 Å². The number of hydroxylamine groups is 1. The zero-order valence-corrected chi connectivity index (χ0v) is 4.73. The molecule has 3 heteroatoms. The largest absolute Gasteiger partial charge is 0.364 e. The minimum absolute atomic E-state index is 0.465. The minimum Gasteiger partial charge on any atom is -0.364 e. The average Bonchev–Trinajstić information content (AvgIpc) is 1.69. The van der Waals surface area contributed by atoms with Crippen LogP contribution in [0.5, 0.6) is 0 Å². The second-order valence-electron chi connectivity index (χ2n) is 0.986. The summed E-state index contributed by atoms with van der Waals surface area (Å²) in [7, 11) is 1.55. The van der Waals surface area contributed by atoms with Gasteiger partial charge in [-0.3, -0.25) is 0 Å². The number of ether oxygens (including phenoxy) is 1. The Hall–Kier alpha value is -0.120. The molecule has 0 bridgehead atoms. The fraction of sp³-hybridized carbons (Fsp3) is 1.00. The van der Waals surface area contributed by atoms with Crippen LogP contribution in [-0.2, 0) is 9.57 Å². The van der Waals surface area contributed by atoms with E-state index < -0.39 is 0 Å². The van der Waals surface area contributed by atoms with Crippen molar-refractivity contribution in [1.29, 1.82) is 0 Å². The first-order chi connectivity index (χ1) is 3.41. The van der Waals surface area contributed by atoms with Crippen LogP contribution in [0.25, 0.3) is 0 Å². The highest BCUT2D eigenvalue weighted by atomic mass is 16.7. The molecule has 1 N–H and O–H groups in total. The van der Waals surface area contributed by atoms with Crippen molar-refractivity contribution >= 4 is 0 Å². The molecule has 0 unspecified atom stereocenters. The van der Waals surface area contributed by atoms with E-state index in [-0.39, 0.29) is 0 Å². The van der Waals surface area contributed by atoms with Gasteiger partial charge in [-0.1, -0.05) is 0 Å². The van der Waals surface area contributed by atoms with Crippen molar-refractivity contribution in [3.05, 3.63) is 0 Å². The van der Waals surface area contributed by atoms with Gasteiger partial charge in [-0.2, -0.15) is 5.48 Å². The molecule has 0 radical (unpaired) electrons. The first-order valence-corrected chi connectivity index (χ1v) is 2.25. The summed E-state index contributed by atoms with van der Waals surface area (Å²) in [6.45, 7) is 3.11. The second kappa shape index (κ2) is 5.88. The van der Waals surface area contributed by atoms with Gasteiger partial charge in [0.2, 0.25) is 0 Å². The third-order valence-corrected chi connectivity index (χ3v) is 0.509. The maximum absolute atomic E-state index is 4.84. The molecule has 0 aliphatic rings. The molecule has 0 saturated carbocycles. The Balaban J connectivity index is 2.45. The molecule has 0 aromatic rings. The normalized spacial score (nSPS) is 9.43. The third kappa shape index (κ3) is 5.88. The van der Waals surface area contributed by atoms with E-state index in [1.165, 1.54) is 0 Å². The summed E-state index contributed by atoms with van der Waals surface area (Å²) in [5, 5.41) is 0. The van der Waals surface area contributed by atoms with Gasteiger partial charge in [0.15, 0.2) is 0 Å². The van der Waals surface area contributed by atoms with E-state index in [2.05, 4.69) is 10.3 Å². The standard InChI is InChI=1S/C4H11NO2/c1-3-7-4-5-6-2/h5H,3-4H2,1-2H3. The lowest BCUT2D eigenvalue weighted by atomic mass is 10.9. The second-order valence-corrected chi connectivity index (χ2v) is 0.986. The van der Waals surface area contributed by atoms with Gasteiger partial charge in [-0.05, 0) is 6.92 Å². The van der Waals surface area contributed by atoms with E-state index in [1.54, 1.807) is 7.11 Å². The maximum Gasteiger partial charge on any atom is 0.119 e. The highest BCUT2D eigenvalue weighted by molar-refractivity contribution is 4.08. The molecule has 0 saturated heterocycles. The van der Waals surface area contributed by atoms with Crippen molar-refractivity contribution in [1.82, 2.24) is 5.48 Å². The number of rotatable bonds is 4. The van der Waals surface area contributed by atoms with Crippen LogP contribution in [0.2, 0.25) is 0 Å². The highest BCUT2D eigenvalue weighted by Crippen LogP contribution is 1.64.